The van der Waals surface area contributed by atoms with Crippen molar-refractivity contribution in [1.29, 1.82) is 0 Å². The molecule has 0 spiro atoms. The van der Waals surface area contributed by atoms with Gasteiger partial charge in [0.2, 0.25) is 0 Å². The summed E-state index contributed by atoms with van der Waals surface area (Å²) in [6.07, 6.45) is 3.41. The molecule has 1 aromatic carbocycles. The number of guanidine groups is 1. The van der Waals surface area contributed by atoms with Gasteiger partial charge in [-0.1, -0.05) is 23.7 Å². The van der Waals surface area contributed by atoms with Crippen LogP contribution in [0.2, 0.25) is 5.02 Å². The zero-order chi connectivity index (χ0) is 17.6. The number of aliphatic imine (C=N–C) groups is 1. The van der Waals surface area contributed by atoms with Gasteiger partial charge in [-0.3, -0.25) is 0 Å². The van der Waals surface area contributed by atoms with Crippen molar-refractivity contribution in [2.45, 2.75) is 45.8 Å². The number of halogens is 1. The molecule has 1 aliphatic heterocycles. The zero-order valence-electron chi connectivity index (χ0n) is 14.9. The zero-order valence-corrected chi connectivity index (χ0v) is 15.6. The average molecular weight is 361 g/mol. The standard InChI is InChI=1S/C18H25ClN6/c1-3-20-18(24(2)13-14-7-6-8-15(19)11-14)21-12-17-23-22-16-9-4-5-10-25(16)17/h6-8,11H,3-5,9-10,12-13H2,1-2H3,(H,20,21). The van der Waals surface area contributed by atoms with Crippen molar-refractivity contribution >= 4 is 17.6 Å². The van der Waals surface area contributed by atoms with Gasteiger partial charge in [-0.15, -0.1) is 10.2 Å². The first-order valence-electron chi connectivity index (χ1n) is 8.82. The summed E-state index contributed by atoms with van der Waals surface area (Å²) < 4.78 is 2.22. The van der Waals surface area contributed by atoms with E-state index in [1.54, 1.807) is 0 Å². The molecule has 2 heterocycles. The Morgan fingerprint density at radius 2 is 2.24 bits per heavy atom. The number of nitrogens with zero attached hydrogens (tertiary/aromatic N) is 5. The van der Waals surface area contributed by atoms with Gasteiger partial charge in [0, 0.05) is 38.1 Å². The molecule has 0 saturated carbocycles. The lowest BCUT2D eigenvalue weighted by atomic mass is 10.2. The normalized spacial score (nSPS) is 14.3. The molecule has 0 saturated heterocycles. The third kappa shape index (κ3) is 4.51. The molecule has 0 radical (unpaired) electrons. The number of hydrogen-bond donors (Lipinski definition) is 1. The van der Waals surface area contributed by atoms with Crippen molar-refractivity contribution in [2.24, 2.45) is 4.99 Å². The van der Waals surface area contributed by atoms with E-state index in [9.17, 15) is 0 Å². The molecule has 0 aliphatic carbocycles. The Kier molecular flexibility index (Phi) is 5.91. The number of hydrogen-bond acceptors (Lipinski definition) is 3. The summed E-state index contributed by atoms with van der Waals surface area (Å²) >= 11 is 6.08. The molecule has 1 aliphatic rings. The van der Waals surface area contributed by atoms with Crippen LogP contribution in [-0.2, 0) is 26.1 Å². The maximum absolute atomic E-state index is 6.08. The van der Waals surface area contributed by atoms with Crippen LogP contribution in [0.15, 0.2) is 29.3 Å². The first kappa shape index (κ1) is 17.7. The molecule has 3 rings (SSSR count). The predicted molar refractivity (Wildman–Crippen MR) is 101 cm³/mol. The lowest BCUT2D eigenvalue weighted by Crippen LogP contribution is -2.38. The molecule has 0 fully saturated rings. The molecule has 0 unspecified atom stereocenters. The molecule has 134 valence electrons. The number of aromatic nitrogens is 3. The van der Waals surface area contributed by atoms with E-state index < -0.39 is 0 Å². The minimum atomic E-state index is 0.537. The highest BCUT2D eigenvalue weighted by Gasteiger charge is 2.15. The van der Waals surface area contributed by atoms with Crippen molar-refractivity contribution in [3.05, 3.63) is 46.5 Å². The summed E-state index contributed by atoms with van der Waals surface area (Å²) in [5.74, 6) is 2.89. The van der Waals surface area contributed by atoms with Crippen LogP contribution in [0.5, 0.6) is 0 Å². The van der Waals surface area contributed by atoms with E-state index in [0.29, 0.717) is 6.54 Å². The molecule has 0 amide bonds. The maximum atomic E-state index is 6.08. The van der Waals surface area contributed by atoms with Gasteiger partial charge in [0.25, 0.3) is 0 Å². The van der Waals surface area contributed by atoms with E-state index in [1.807, 2.05) is 25.2 Å². The van der Waals surface area contributed by atoms with Crippen LogP contribution in [0.3, 0.4) is 0 Å². The lowest BCUT2D eigenvalue weighted by Gasteiger charge is -2.22. The van der Waals surface area contributed by atoms with Crippen molar-refractivity contribution in [1.82, 2.24) is 25.0 Å². The second-order valence-electron chi connectivity index (χ2n) is 6.30. The van der Waals surface area contributed by atoms with E-state index in [4.69, 9.17) is 16.6 Å². The molecular formula is C18H25ClN6. The Morgan fingerprint density at radius 3 is 3.04 bits per heavy atom. The number of fused-ring (bicyclic) bond motifs is 1. The number of benzene rings is 1. The van der Waals surface area contributed by atoms with Crippen molar-refractivity contribution in [2.75, 3.05) is 13.6 Å². The largest absolute Gasteiger partial charge is 0.357 e. The van der Waals surface area contributed by atoms with Crippen LogP contribution in [0, 0.1) is 0 Å². The summed E-state index contributed by atoms with van der Waals surface area (Å²) in [7, 11) is 2.03. The molecule has 6 nitrogen and oxygen atoms in total. The molecule has 0 bridgehead atoms. The Labute approximate surface area is 153 Å². The van der Waals surface area contributed by atoms with Gasteiger partial charge in [-0.25, -0.2) is 4.99 Å². The number of nitrogens with one attached hydrogen (secondary N) is 1. The van der Waals surface area contributed by atoms with Gasteiger partial charge < -0.3 is 14.8 Å². The smallest absolute Gasteiger partial charge is 0.194 e. The fraction of sp³-hybridized carbons (Fsp3) is 0.500. The van der Waals surface area contributed by atoms with Gasteiger partial charge in [0.15, 0.2) is 11.8 Å². The fourth-order valence-electron chi connectivity index (χ4n) is 3.08. The quantitative estimate of drug-likeness (QED) is 0.658. The van der Waals surface area contributed by atoms with Gasteiger partial charge in [-0.2, -0.15) is 0 Å². The second kappa shape index (κ2) is 8.34. The third-order valence-electron chi connectivity index (χ3n) is 4.31. The summed E-state index contributed by atoms with van der Waals surface area (Å²) in [5, 5.41) is 12.7. The summed E-state index contributed by atoms with van der Waals surface area (Å²) in [5.41, 5.74) is 1.15. The Morgan fingerprint density at radius 1 is 1.36 bits per heavy atom. The van der Waals surface area contributed by atoms with E-state index in [0.717, 1.165) is 54.2 Å². The minimum Gasteiger partial charge on any atom is -0.357 e. The second-order valence-corrected chi connectivity index (χ2v) is 6.73. The SMILES string of the molecule is CCNC(=NCc1nnc2n1CCCC2)N(C)Cc1cccc(Cl)c1. The summed E-state index contributed by atoms with van der Waals surface area (Å²) in [6, 6.07) is 7.91. The van der Waals surface area contributed by atoms with E-state index >= 15 is 0 Å². The molecule has 0 atom stereocenters. The maximum Gasteiger partial charge on any atom is 0.194 e. The molecular weight excluding hydrogens is 336 g/mol. The highest BCUT2D eigenvalue weighted by atomic mass is 35.5. The Balaban J connectivity index is 1.71. The van der Waals surface area contributed by atoms with Crippen molar-refractivity contribution in [3.8, 4) is 0 Å². The molecule has 1 N–H and O–H groups in total. The summed E-state index contributed by atoms with van der Waals surface area (Å²) in [4.78, 5) is 6.86. The Hall–Kier alpha value is -2.08. The minimum absolute atomic E-state index is 0.537. The fourth-order valence-corrected chi connectivity index (χ4v) is 3.30. The molecule has 7 heteroatoms. The predicted octanol–water partition coefficient (Wildman–Crippen LogP) is 2.87. The van der Waals surface area contributed by atoms with Crippen LogP contribution < -0.4 is 5.32 Å². The van der Waals surface area contributed by atoms with Gasteiger partial charge in [0.1, 0.15) is 12.4 Å². The van der Waals surface area contributed by atoms with E-state index in [2.05, 4.69) is 38.0 Å². The highest BCUT2D eigenvalue weighted by Crippen LogP contribution is 2.15. The van der Waals surface area contributed by atoms with Gasteiger partial charge in [-0.05, 0) is 37.5 Å². The molecule has 25 heavy (non-hydrogen) atoms. The van der Waals surface area contributed by atoms with Crippen LogP contribution >= 0.6 is 11.6 Å². The van der Waals surface area contributed by atoms with Crippen LogP contribution in [0.4, 0.5) is 0 Å². The van der Waals surface area contributed by atoms with Gasteiger partial charge in [0.05, 0.1) is 0 Å². The Bertz CT molecular complexity index is 739. The first-order chi connectivity index (χ1) is 12.2. The van der Waals surface area contributed by atoms with E-state index in [1.165, 1.54) is 12.8 Å². The average Bonchev–Trinajstić information content (AvgIpc) is 3.02. The van der Waals surface area contributed by atoms with E-state index in [-0.39, 0.29) is 0 Å². The van der Waals surface area contributed by atoms with Crippen molar-refractivity contribution < 1.29 is 0 Å². The number of aryl methyl sites for hydroxylation is 1. The van der Waals surface area contributed by atoms with Crippen LogP contribution in [0.1, 0.15) is 37.0 Å². The molecule has 2 aromatic rings. The van der Waals surface area contributed by atoms with Gasteiger partial charge >= 0.3 is 0 Å². The third-order valence-corrected chi connectivity index (χ3v) is 4.55. The van der Waals surface area contributed by atoms with Crippen LogP contribution in [0.25, 0.3) is 0 Å². The highest BCUT2D eigenvalue weighted by molar-refractivity contribution is 6.30. The molecule has 1 aromatic heterocycles. The van der Waals surface area contributed by atoms with Crippen molar-refractivity contribution in [3.63, 3.8) is 0 Å². The van der Waals surface area contributed by atoms with Crippen LogP contribution in [-0.4, -0.2) is 39.2 Å². The number of rotatable bonds is 5. The topological polar surface area (TPSA) is 58.3 Å². The summed E-state index contributed by atoms with van der Waals surface area (Å²) in [6.45, 7) is 5.17. The first-order valence-corrected chi connectivity index (χ1v) is 9.20. The lowest BCUT2D eigenvalue weighted by molar-refractivity contribution is 0.474. The monoisotopic (exact) mass is 360 g/mol.